The number of hydrogen-bond donors (Lipinski definition) is 1. The zero-order valence-electron chi connectivity index (χ0n) is 10.6. The van der Waals surface area contributed by atoms with Crippen LogP contribution < -0.4 is 10.1 Å². The van der Waals surface area contributed by atoms with Gasteiger partial charge >= 0.3 is 0 Å². The monoisotopic (exact) mass is 337 g/mol. The van der Waals surface area contributed by atoms with Crippen LogP contribution in [0.1, 0.15) is 10.4 Å². The van der Waals surface area contributed by atoms with Gasteiger partial charge in [0.1, 0.15) is 18.2 Å². The largest absolute Gasteiger partial charge is 0.492 e. The molecule has 0 saturated heterocycles. The van der Waals surface area contributed by atoms with Crippen molar-refractivity contribution >= 4 is 21.8 Å². The van der Waals surface area contributed by atoms with Crippen LogP contribution in [0, 0.1) is 5.82 Å². The van der Waals surface area contributed by atoms with Crippen LogP contribution in [0.5, 0.6) is 5.75 Å². The molecule has 0 heterocycles. The molecule has 0 saturated carbocycles. The van der Waals surface area contributed by atoms with Crippen LogP contribution in [-0.2, 0) is 0 Å². The minimum Gasteiger partial charge on any atom is -0.492 e. The Morgan fingerprint density at radius 2 is 1.90 bits per heavy atom. The van der Waals surface area contributed by atoms with Crippen molar-refractivity contribution in [2.75, 3.05) is 13.2 Å². The van der Waals surface area contributed by atoms with Gasteiger partial charge in [-0.15, -0.1) is 0 Å². The molecule has 2 rings (SSSR count). The van der Waals surface area contributed by atoms with Gasteiger partial charge < -0.3 is 10.1 Å². The molecule has 0 aliphatic carbocycles. The smallest absolute Gasteiger partial charge is 0.254 e. The molecule has 5 heteroatoms. The fraction of sp³-hybridized carbons (Fsp3) is 0.133. The fourth-order valence-corrected chi connectivity index (χ4v) is 1.99. The minimum absolute atomic E-state index is 0.0130. The van der Waals surface area contributed by atoms with Crippen molar-refractivity contribution in [1.29, 1.82) is 0 Å². The zero-order valence-corrected chi connectivity index (χ0v) is 12.2. The van der Waals surface area contributed by atoms with Crippen LogP contribution in [0.3, 0.4) is 0 Å². The van der Waals surface area contributed by atoms with Crippen LogP contribution in [0.15, 0.2) is 53.0 Å². The van der Waals surface area contributed by atoms with Gasteiger partial charge in [-0.05, 0) is 40.2 Å². The van der Waals surface area contributed by atoms with Gasteiger partial charge in [-0.2, -0.15) is 0 Å². The Kier molecular flexibility index (Phi) is 5.12. The summed E-state index contributed by atoms with van der Waals surface area (Å²) >= 11 is 3.05. The molecule has 2 aromatic rings. The van der Waals surface area contributed by atoms with Gasteiger partial charge in [0, 0.05) is 0 Å². The summed E-state index contributed by atoms with van der Waals surface area (Å²) in [6.45, 7) is 0.630. The van der Waals surface area contributed by atoms with Gasteiger partial charge in [0.25, 0.3) is 5.91 Å². The second kappa shape index (κ2) is 7.05. The van der Waals surface area contributed by atoms with Crippen LogP contribution in [0.25, 0.3) is 0 Å². The molecule has 20 heavy (non-hydrogen) atoms. The number of benzene rings is 2. The molecular formula is C15H13BrFNO2. The van der Waals surface area contributed by atoms with Crippen LogP contribution >= 0.6 is 15.9 Å². The molecule has 0 spiro atoms. The first kappa shape index (κ1) is 14.5. The number of rotatable bonds is 5. The van der Waals surface area contributed by atoms with Crippen molar-refractivity contribution in [2.45, 2.75) is 0 Å². The number of nitrogens with one attached hydrogen (secondary N) is 1. The molecule has 0 aliphatic heterocycles. The second-order valence-electron chi connectivity index (χ2n) is 4.02. The predicted octanol–water partition coefficient (Wildman–Crippen LogP) is 3.40. The summed E-state index contributed by atoms with van der Waals surface area (Å²) in [5, 5.41) is 2.61. The quantitative estimate of drug-likeness (QED) is 0.849. The molecule has 2 aromatic carbocycles. The highest BCUT2D eigenvalue weighted by Gasteiger charge is 2.12. The Morgan fingerprint density at radius 3 is 2.65 bits per heavy atom. The number of halogens is 2. The molecule has 0 atom stereocenters. The number of carbonyl (C=O) groups is 1. The lowest BCUT2D eigenvalue weighted by Gasteiger charge is -2.08. The van der Waals surface area contributed by atoms with E-state index in [1.807, 2.05) is 30.3 Å². The number of para-hydroxylation sites is 1. The lowest BCUT2D eigenvalue weighted by molar-refractivity contribution is 0.0943. The third-order valence-corrected chi connectivity index (χ3v) is 3.21. The van der Waals surface area contributed by atoms with E-state index in [0.717, 1.165) is 5.75 Å². The Bertz CT molecular complexity index is 590. The van der Waals surface area contributed by atoms with E-state index in [1.165, 1.54) is 6.07 Å². The third kappa shape index (κ3) is 3.81. The highest BCUT2D eigenvalue weighted by molar-refractivity contribution is 9.10. The number of carbonyl (C=O) groups excluding carboxylic acids is 1. The molecule has 0 fully saturated rings. The van der Waals surface area contributed by atoms with Gasteiger partial charge in [-0.3, -0.25) is 4.79 Å². The number of amides is 1. The number of ether oxygens (including phenoxy) is 1. The number of hydrogen-bond acceptors (Lipinski definition) is 2. The van der Waals surface area contributed by atoms with Gasteiger partial charge in [-0.25, -0.2) is 4.39 Å². The van der Waals surface area contributed by atoms with E-state index in [-0.39, 0.29) is 10.0 Å². The summed E-state index contributed by atoms with van der Waals surface area (Å²) in [6.07, 6.45) is 0. The van der Waals surface area contributed by atoms with Crippen molar-refractivity contribution < 1.29 is 13.9 Å². The maximum atomic E-state index is 13.7. The van der Waals surface area contributed by atoms with Crippen LogP contribution in [0.2, 0.25) is 0 Å². The third-order valence-electron chi connectivity index (χ3n) is 2.60. The molecule has 0 unspecified atom stereocenters. The normalized spacial score (nSPS) is 10.1. The van der Waals surface area contributed by atoms with Gasteiger partial charge in [-0.1, -0.05) is 24.3 Å². The van der Waals surface area contributed by atoms with E-state index in [1.54, 1.807) is 12.1 Å². The average molecular weight is 338 g/mol. The first-order valence-corrected chi connectivity index (χ1v) is 6.88. The van der Waals surface area contributed by atoms with Crippen molar-refractivity contribution in [1.82, 2.24) is 5.32 Å². The lowest BCUT2D eigenvalue weighted by atomic mass is 10.2. The summed E-state index contributed by atoms with van der Waals surface area (Å²) in [5.74, 6) is -0.287. The van der Waals surface area contributed by atoms with Crippen molar-refractivity contribution in [3.05, 3.63) is 64.4 Å². The Hall–Kier alpha value is -1.88. The highest BCUT2D eigenvalue weighted by Crippen LogP contribution is 2.18. The zero-order chi connectivity index (χ0) is 14.4. The minimum atomic E-state index is -0.561. The molecule has 0 aliphatic rings. The molecule has 3 nitrogen and oxygen atoms in total. The molecular weight excluding hydrogens is 325 g/mol. The van der Waals surface area contributed by atoms with Crippen molar-refractivity contribution in [3.8, 4) is 5.75 Å². The summed E-state index contributed by atoms with van der Waals surface area (Å²) in [6, 6.07) is 13.9. The predicted molar refractivity (Wildman–Crippen MR) is 78.4 cm³/mol. The Balaban J connectivity index is 1.82. The van der Waals surface area contributed by atoms with E-state index < -0.39 is 11.7 Å². The molecule has 104 valence electrons. The topological polar surface area (TPSA) is 38.3 Å². The highest BCUT2D eigenvalue weighted by atomic mass is 79.9. The molecule has 0 radical (unpaired) electrons. The summed E-state index contributed by atoms with van der Waals surface area (Å²) in [7, 11) is 0. The second-order valence-corrected chi connectivity index (χ2v) is 4.87. The van der Waals surface area contributed by atoms with Crippen molar-refractivity contribution in [2.24, 2.45) is 0 Å². The Morgan fingerprint density at radius 1 is 1.15 bits per heavy atom. The van der Waals surface area contributed by atoms with Crippen molar-refractivity contribution in [3.63, 3.8) is 0 Å². The first-order valence-electron chi connectivity index (χ1n) is 6.08. The van der Waals surface area contributed by atoms with E-state index >= 15 is 0 Å². The molecule has 0 bridgehead atoms. The van der Waals surface area contributed by atoms with Gasteiger partial charge in [0.15, 0.2) is 0 Å². The summed E-state index contributed by atoms with van der Waals surface area (Å²) in [4.78, 5) is 11.8. The SMILES string of the molecule is O=C(NCCOc1ccccc1)c1cccc(Br)c1F. The maximum Gasteiger partial charge on any atom is 0.254 e. The molecule has 0 aromatic heterocycles. The fourth-order valence-electron chi connectivity index (χ4n) is 1.62. The van der Waals surface area contributed by atoms with E-state index in [4.69, 9.17) is 4.74 Å². The standard InChI is InChI=1S/C15H13BrFNO2/c16-13-8-4-7-12(14(13)17)15(19)18-9-10-20-11-5-2-1-3-6-11/h1-8H,9-10H2,(H,18,19). The first-order chi connectivity index (χ1) is 9.68. The maximum absolute atomic E-state index is 13.7. The summed E-state index contributed by atoms with van der Waals surface area (Å²) in [5.41, 5.74) is 0.0130. The molecule has 1 N–H and O–H groups in total. The van der Waals surface area contributed by atoms with E-state index in [9.17, 15) is 9.18 Å². The van der Waals surface area contributed by atoms with Crippen LogP contribution in [-0.4, -0.2) is 19.1 Å². The van der Waals surface area contributed by atoms with E-state index in [2.05, 4.69) is 21.2 Å². The van der Waals surface area contributed by atoms with Gasteiger partial charge in [0.05, 0.1) is 16.6 Å². The average Bonchev–Trinajstić information content (AvgIpc) is 2.47. The lowest BCUT2D eigenvalue weighted by Crippen LogP contribution is -2.28. The van der Waals surface area contributed by atoms with E-state index in [0.29, 0.717) is 13.2 Å². The van der Waals surface area contributed by atoms with Crippen LogP contribution in [0.4, 0.5) is 4.39 Å². The summed E-state index contributed by atoms with van der Waals surface area (Å²) < 4.78 is 19.4. The van der Waals surface area contributed by atoms with Gasteiger partial charge in [0.2, 0.25) is 0 Å². The molecule has 1 amide bonds. The Labute approximate surface area is 124 Å².